The highest BCUT2D eigenvalue weighted by molar-refractivity contribution is 4.70. The molecule has 0 bridgehead atoms. The molecule has 1 atom stereocenters. The summed E-state index contributed by atoms with van der Waals surface area (Å²) in [5.74, 6) is 0.872. The van der Waals surface area contributed by atoms with Crippen molar-refractivity contribution in [1.82, 2.24) is 5.32 Å². The van der Waals surface area contributed by atoms with Crippen LogP contribution in [0.15, 0.2) is 0 Å². The summed E-state index contributed by atoms with van der Waals surface area (Å²) in [5.41, 5.74) is 0. The van der Waals surface area contributed by atoms with Gasteiger partial charge < -0.3 is 14.8 Å². The minimum absolute atomic E-state index is 0.535. The quantitative estimate of drug-likeness (QED) is 0.692. The highest BCUT2D eigenvalue weighted by Crippen LogP contribution is 2.20. The molecule has 1 unspecified atom stereocenters. The van der Waals surface area contributed by atoms with Crippen LogP contribution in [0.1, 0.15) is 39.0 Å². The fraction of sp³-hybridized carbons (Fsp3) is 1.00. The summed E-state index contributed by atoms with van der Waals surface area (Å²) in [6, 6.07) is 0.535. The van der Waals surface area contributed by atoms with Crippen molar-refractivity contribution < 1.29 is 9.47 Å². The molecule has 3 heteroatoms. The summed E-state index contributed by atoms with van der Waals surface area (Å²) in [6.45, 7) is 6.06. The predicted molar refractivity (Wildman–Crippen MR) is 66.7 cm³/mol. The van der Waals surface area contributed by atoms with Crippen LogP contribution in [-0.4, -0.2) is 39.5 Å². The van der Waals surface area contributed by atoms with Crippen LogP contribution < -0.4 is 5.32 Å². The second-order valence-corrected chi connectivity index (χ2v) is 4.74. The molecule has 16 heavy (non-hydrogen) atoms. The number of ether oxygens (including phenoxy) is 2. The first-order chi connectivity index (χ1) is 7.86. The summed E-state index contributed by atoms with van der Waals surface area (Å²) >= 11 is 0. The van der Waals surface area contributed by atoms with Crippen molar-refractivity contribution in [2.45, 2.75) is 45.1 Å². The maximum Gasteiger partial charge on any atom is 0.0615 e. The average Bonchev–Trinajstić information content (AvgIpc) is 2.34. The Labute approximate surface area is 99.9 Å². The van der Waals surface area contributed by atoms with E-state index in [4.69, 9.17) is 9.47 Å². The van der Waals surface area contributed by atoms with Gasteiger partial charge in [0.05, 0.1) is 6.61 Å². The Bertz CT molecular complexity index is 158. The largest absolute Gasteiger partial charge is 0.383 e. The third-order valence-corrected chi connectivity index (χ3v) is 3.32. The molecule has 1 fully saturated rings. The van der Waals surface area contributed by atoms with E-state index in [0.717, 1.165) is 32.3 Å². The van der Waals surface area contributed by atoms with Gasteiger partial charge in [0.1, 0.15) is 0 Å². The van der Waals surface area contributed by atoms with Crippen molar-refractivity contribution >= 4 is 0 Å². The minimum atomic E-state index is 0.535. The van der Waals surface area contributed by atoms with E-state index < -0.39 is 0 Å². The Morgan fingerprint density at radius 2 is 2.12 bits per heavy atom. The van der Waals surface area contributed by atoms with Crippen molar-refractivity contribution in [1.29, 1.82) is 0 Å². The van der Waals surface area contributed by atoms with Crippen LogP contribution in [0.25, 0.3) is 0 Å². The third kappa shape index (κ3) is 5.83. The Hall–Kier alpha value is -0.120. The predicted octanol–water partition coefficient (Wildman–Crippen LogP) is 2.21. The van der Waals surface area contributed by atoms with Gasteiger partial charge in [-0.05, 0) is 44.6 Å². The van der Waals surface area contributed by atoms with Gasteiger partial charge in [-0.3, -0.25) is 0 Å². The van der Waals surface area contributed by atoms with Gasteiger partial charge in [0.25, 0.3) is 0 Å². The first kappa shape index (κ1) is 13.9. The molecule has 0 spiro atoms. The van der Waals surface area contributed by atoms with Crippen LogP contribution in [0.2, 0.25) is 0 Å². The maximum atomic E-state index is 5.38. The van der Waals surface area contributed by atoms with E-state index in [1.165, 1.54) is 32.1 Å². The monoisotopic (exact) mass is 229 g/mol. The van der Waals surface area contributed by atoms with Crippen molar-refractivity contribution in [3.05, 3.63) is 0 Å². The molecule has 3 nitrogen and oxygen atoms in total. The Balaban J connectivity index is 2.14. The molecule has 1 saturated heterocycles. The summed E-state index contributed by atoms with van der Waals surface area (Å²) in [4.78, 5) is 0. The third-order valence-electron chi connectivity index (χ3n) is 3.32. The second kappa shape index (κ2) is 8.97. The number of methoxy groups -OCH3 is 1. The van der Waals surface area contributed by atoms with Crippen LogP contribution >= 0.6 is 0 Å². The molecule has 0 radical (unpaired) electrons. The summed E-state index contributed by atoms with van der Waals surface area (Å²) in [6.07, 6.45) is 6.23. The molecule has 0 aromatic rings. The molecule has 1 aliphatic rings. The number of rotatable bonds is 8. The zero-order valence-electron chi connectivity index (χ0n) is 10.8. The van der Waals surface area contributed by atoms with Gasteiger partial charge in [0.2, 0.25) is 0 Å². The van der Waals surface area contributed by atoms with Gasteiger partial charge in [0.15, 0.2) is 0 Å². The van der Waals surface area contributed by atoms with E-state index in [0.29, 0.717) is 6.04 Å². The molecule has 0 amide bonds. The zero-order valence-corrected chi connectivity index (χ0v) is 10.8. The van der Waals surface area contributed by atoms with Gasteiger partial charge in [-0.1, -0.05) is 6.92 Å². The number of nitrogens with one attached hydrogen (secondary N) is 1. The molecular formula is C13H27NO2. The number of hydrogen-bond donors (Lipinski definition) is 1. The van der Waals surface area contributed by atoms with E-state index >= 15 is 0 Å². The van der Waals surface area contributed by atoms with Gasteiger partial charge >= 0.3 is 0 Å². The van der Waals surface area contributed by atoms with Gasteiger partial charge in [-0.25, -0.2) is 0 Å². The van der Waals surface area contributed by atoms with E-state index in [9.17, 15) is 0 Å². The Kier molecular flexibility index (Phi) is 7.81. The van der Waals surface area contributed by atoms with Crippen LogP contribution in [0.4, 0.5) is 0 Å². The molecule has 1 rings (SSSR count). The lowest BCUT2D eigenvalue weighted by Gasteiger charge is -2.24. The molecule has 0 aliphatic carbocycles. The van der Waals surface area contributed by atoms with E-state index in [-0.39, 0.29) is 0 Å². The summed E-state index contributed by atoms with van der Waals surface area (Å²) in [7, 11) is 1.79. The molecule has 1 heterocycles. The smallest absolute Gasteiger partial charge is 0.0615 e. The van der Waals surface area contributed by atoms with Gasteiger partial charge in [0, 0.05) is 26.4 Å². The standard InChI is InChI=1S/C13H27NO2/c1-3-8-14-13(11-15-2)5-4-12-6-9-16-10-7-12/h12-14H,3-11H2,1-2H3. The Morgan fingerprint density at radius 3 is 2.75 bits per heavy atom. The first-order valence-electron chi connectivity index (χ1n) is 6.66. The SMILES string of the molecule is CCCNC(CCC1CCOCC1)COC. The molecule has 1 aliphatic heterocycles. The lowest BCUT2D eigenvalue weighted by Crippen LogP contribution is -2.34. The molecular weight excluding hydrogens is 202 g/mol. The van der Waals surface area contributed by atoms with Crippen LogP contribution in [0.3, 0.4) is 0 Å². The first-order valence-corrected chi connectivity index (χ1v) is 6.66. The molecule has 0 aromatic heterocycles. The van der Waals surface area contributed by atoms with Crippen LogP contribution in [0.5, 0.6) is 0 Å². The summed E-state index contributed by atoms with van der Waals surface area (Å²) in [5, 5.41) is 3.55. The average molecular weight is 229 g/mol. The van der Waals surface area contributed by atoms with E-state index in [1.807, 2.05) is 0 Å². The van der Waals surface area contributed by atoms with Crippen molar-refractivity contribution in [3.8, 4) is 0 Å². The zero-order chi connectivity index (χ0) is 11.6. The fourth-order valence-electron chi connectivity index (χ4n) is 2.27. The molecule has 0 aromatic carbocycles. The highest BCUT2D eigenvalue weighted by atomic mass is 16.5. The van der Waals surface area contributed by atoms with Gasteiger partial charge in [-0.2, -0.15) is 0 Å². The number of hydrogen-bond acceptors (Lipinski definition) is 3. The lowest BCUT2D eigenvalue weighted by atomic mass is 9.93. The summed E-state index contributed by atoms with van der Waals surface area (Å²) < 4.78 is 10.6. The molecule has 0 saturated carbocycles. The molecule has 1 N–H and O–H groups in total. The van der Waals surface area contributed by atoms with Crippen LogP contribution in [0, 0.1) is 5.92 Å². The highest BCUT2D eigenvalue weighted by Gasteiger charge is 2.16. The fourth-order valence-corrected chi connectivity index (χ4v) is 2.27. The van der Waals surface area contributed by atoms with Crippen molar-refractivity contribution in [3.63, 3.8) is 0 Å². The Morgan fingerprint density at radius 1 is 1.38 bits per heavy atom. The van der Waals surface area contributed by atoms with Crippen molar-refractivity contribution in [2.24, 2.45) is 5.92 Å². The van der Waals surface area contributed by atoms with E-state index in [1.54, 1.807) is 7.11 Å². The second-order valence-electron chi connectivity index (χ2n) is 4.74. The normalized spacial score (nSPS) is 19.9. The van der Waals surface area contributed by atoms with Crippen LogP contribution in [-0.2, 0) is 9.47 Å². The lowest BCUT2D eigenvalue weighted by molar-refractivity contribution is 0.0608. The van der Waals surface area contributed by atoms with Gasteiger partial charge in [-0.15, -0.1) is 0 Å². The maximum absolute atomic E-state index is 5.38. The minimum Gasteiger partial charge on any atom is -0.383 e. The van der Waals surface area contributed by atoms with E-state index in [2.05, 4.69) is 12.2 Å². The topological polar surface area (TPSA) is 30.5 Å². The molecule has 96 valence electrons. The van der Waals surface area contributed by atoms with Crippen molar-refractivity contribution in [2.75, 3.05) is 33.5 Å².